The molecule has 0 amide bonds. The maximum atomic E-state index is 13.5. The van der Waals surface area contributed by atoms with Crippen LogP contribution in [-0.2, 0) is 4.74 Å². The van der Waals surface area contributed by atoms with Crippen molar-refractivity contribution in [3.05, 3.63) is 34.1 Å². The van der Waals surface area contributed by atoms with E-state index in [1.54, 1.807) is 12.1 Å². The molecule has 0 bridgehead atoms. The molecule has 82 valence electrons. The summed E-state index contributed by atoms with van der Waals surface area (Å²) < 4.78 is 19.3. The zero-order valence-electron chi connectivity index (χ0n) is 8.12. The first-order chi connectivity index (χ1) is 7.20. The predicted molar refractivity (Wildman–Crippen MR) is 58.0 cm³/mol. The lowest BCUT2D eigenvalue weighted by Gasteiger charge is -2.18. The quantitative estimate of drug-likeness (QED) is 0.899. The number of hydrogen-bond donors (Lipinski definition) is 1. The van der Waals surface area contributed by atoms with Crippen LogP contribution in [-0.4, -0.2) is 18.3 Å². The van der Waals surface area contributed by atoms with Crippen molar-refractivity contribution in [2.24, 2.45) is 5.92 Å². The Bertz CT molecular complexity index is 330. The van der Waals surface area contributed by atoms with Crippen LogP contribution in [0.4, 0.5) is 4.39 Å². The molecule has 2 unspecified atom stereocenters. The summed E-state index contributed by atoms with van der Waals surface area (Å²) >= 11 is 3.25. The van der Waals surface area contributed by atoms with Crippen molar-refractivity contribution in [2.45, 2.75) is 12.5 Å². The average molecular weight is 275 g/mol. The van der Waals surface area contributed by atoms with Crippen molar-refractivity contribution in [2.75, 3.05) is 13.2 Å². The Balaban J connectivity index is 2.27. The van der Waals surface area contributed by atoms with E-state index in [4.69, 9.17) is 4.74 Å². The van der Waals surface area contributed by atoms with Gasteiger partial charge in [0.15, 0.2) is 0 Å². The third-order valence-electron chi connectivity index (χ3n) is 2.71. The zero-order chi connectivity index (χ0) is 10.8. The van der Waals surface area contributed by atoms with E-state index in [-0.39, 0.29) is 11.7 Å². The minimum atomic E-state index is -0.789. The molecule has 0 aliphatic carbocycles. The van der Waals surface area contributed by atoms with Gasteiger partial charge in [-0.3, -0.25) is 0 Å². The largest absolute Gasteiger partial charge is 0.388 e. The number of ether oxygens (including phenoxy) is 1. The molecule has 0 radical (unpaired) electrons. The molecule has 1 aromatic rings. The van der Waals surface area contributed by atoms with Gasteiger partial charge in [-0.15, -0.1) is 0 Å². The van der Waals surface area contributed by atoms with Crippen LogP contribution < -0.4 is 0 Å². The van der Waals surface area contributed by atoms with E-state index in [1.165, 1.54) is 6.07 Å². The molecule has 1 heterocycles. The van der Waals surface area contributed by atoms with E-state index in [0.717, 1.165) is 6.42 Å². The van der Waals surface area contributed by atoms with Gasteiger partial charge in [0.05, 0.1) is 12.7 Å². The van der Waals surface area contributed by atoms with Crippen molar-refractivity contribution in [1.29, 1.82) is 0 Å². The summed E-state index contributed by atoms with van der Waals surface area (Å²) in [5, 5.41) is 10.0. The third-order valence-corrected chi connectivity index (χ3v) is 3.40. The van der Waals surface area contributed by atoms with E-state index >= 15 is 0 Å². The van der Waals surface area contributed by atoms with Gasteiger partial charge in [0.1, 0.15) is 5.82 Å². The topological polar surface area (TPSA) is 29.5 Å². The highest BCUT2D eigenvalue weighted by Crippen LogP contribution is 2.34. The molecule has 0 saturated carbocycles. The minimum absolute atomic E-state index is 0.00167. The van der Waals surface area contributed by atoms with Crippen LogP contribution in [0.1, 0.15) is 18.1 Å². The van der Waals surface area contributed by atoms with Crippen LogP contribution in [0.2, 0.25) is 0 Å². The van der Waals surface area contributed by atoms with Crippen molar-refractivity contribution < 1.29 is 14.2 Å². The van der Waals surface area contributed by atoms with Gasteiger partial charge in [-0.1, -0.05) is 22.0 Å². The van der Waals surface area contributed by atoms with Gasteiger partial charge in [-0.05, 0) is 18.6 Å². The van der Waals surface area contributed by atoms with Gasteiger partial charge in [0.25, 0.3) is 0 Å². The molecule has 2 nitrogen and oxygen atoms in total. The van der Waals surface area contributed by atoms with Crippen LogP contribution in [0.25, 0.3) is 0 Å². The fourth-order valence-corrected chi connectivity index (χ4v) is 2.41. The normalized spacial score (nSPS) is 23.0. The van der Waals surface area contributed by atoms with E-state index in [0.29, 0.717) is 23.2 Å². The third kappa shape index (κ3) is 2.22. The smallest absolute Gasteiger partial charge is 0.130 e. The number of aliphatic hydroxyl groups excluding tert-OH is 1. The molecule has 2 atom stereocenters. The molecule has 1 aromatic carbocycles. The first kappa shape index (κ1) is 11.0. The second kappa shape index (κ2) is 4.60. The Morgan fingerprint density at radius 3 is 2.93 bits per heavy atom. The van der Waals surface area contributed by atoms with Crippen molar-refractivity contribution >= 4 is 15.9 Å². The molecule has 15 heavy (non-hydrogen) atoms. The summed E-state index contributed by atoms with van der Waals surface area (Å²) in [4.78, 5) is 0. The van der Waals surface area contributed by atoms with Gasteiger partial charge in [0, 0.05) is 22.6 Å². The molecule has 1 N–H and O–H groups in total. The number of hydrogen-bond acceptors (Lipinski definition) is 2. The lowest BCUT2D eigenvalue weighted by molar-refractivity contribution is 0.0884. The molecule has 1 saturated heterocycles. The Hall–Kier alpha value is -0.450. The number of aliphatic hydroxyl groups is 1. The van der Waals surface area contributed by atoms with E-state index in [1.807, 2.05) is 0 Å². The summed E-state index contributed by atoms with van der Waals surface area (Å²) in [5.74, 6) is -0.373. The number of benzene rings is 1. The van der Waals surface area contributed by atoms with E-state index in [2.05, 4.69) is 15.9 Å². The Kier molecular flexibility index (Phi) is 3.38. The van der Waals surface area contributed by atoms with Crippen LogP contribution in [0.5, 0.6) is 0 Å². The first-order valence-corrected chi connectivity index (χ1v) is 5.69. The summed E-state index contributed by atoms with van der Waals surface area (Å²) in [6.07, 6.45) is -0.00912. The molecular weight excluding hydrogens is 263 g/mol. The average Bonchev–Trinajstić information content (AvgIpc) is 2.69. The SMILES string of the molecule is OC(c1c(F)cccc1Br)C1CCOC1. The van der Waals surface area contributed by atoms with Crippen LogP contribution in [0, 0.1) is 11.7 Å². The lowest BCUT2D eigenvalue weighted by atomic mass is 9.95. The van der Waals surface area contributed by atoms with Gasteiger partial charge < -0.3 is 9.84 Å². The van der Waals surface area contributed by atoms with E-state index in [9.17, 15) is 9.50 Å². The Morgan fingerprint density at radius 2 is 2.33 bits per heavy atom. The van der Waals surface area contributed by atoms with Gasteiger partial charge in [-0.25, -0.2) is 4.39 Å². The maximum absolute atomic E-state index is 13.5. The molecule has 2 rings (SSSR count). The standard InChI is InChI=1S/C11H12BrFO2/c12-8-2-1-3-9(13)10(8)11(14)7-4-5-15-6-7/h1-3,7,11,14H,4-6H2. The molecular formula is C11H12BrFO2. The van der Waals surface area contributed by atoms with E-state index < -0.39 is 6.10 Å². The fourth-order valence-electron chi connectivity index (χ4n) is 1.83. The van der Waals surface area contributed by atoms with Crippen LogP contribution >= 0.6 is 15.9 Å². The Morgan fingerprint density at radius 1 is 1.53 bits per heavy atom. The highest BCUT2D eigenvalue weighted by atomic mass is 79.9. The highest BCUT2D eigenvalue weighted by Gasteiger charge is 2.28. The summed E-state index contributed by atoms with van der Waals surface area (Å²) in [6.45, 7) is 1.15. The summed E-state index contributed by atoms with van der Waals surface area (Å²) in [6, 6.07) is 4.71. The summed E-state index contributed by atoms with van der Waals surface area (Å²) in [5.41, 5.74) is 0.341. The van der Waals surface area contributed by atoms with Gasteiger partial charge in [0.2, 0.25) is 0 Å². The zero-order valence-corrected chi connectivity index (χ0v) is 9.71. The lowest BCUT2D eigenvalue weighted by Crippen LogP contribution is -2.14. The van der Waals surface area contributed by atoms with Crippen molar-refractivity contribution in [1.82, 2.24) is 0 Å². The molecule has 0 spiro atoms. The number of halogens is 2. The second-order valence-corrected chi connectivity index (χ2v) is 4.56. The van der Waals surface area contributed by atoms with Crippen molar-refractivity contribution in [3.63, 3.8) is 0 Å². The molecule has 0 aromatic heterocycles. The van der Waals surface area contributed by atoms with Crippen LogP contribution in [0.15, 0.2) is 22.7 Å². The molecule has 4 heteroatoms. The Labute approximate surface area is 96.2 Å². The fraction of sp³-hybridized carbons (Fsp3) is 0.455. The first-order valence-electron chi connectivity index (χ1n) is 4.90. The van der Waals surface area contributed by atoms with Crippen molar-refractivity contribution in [3.8, 4) is 0 Å². The maximum Gasteiger partial charge on any atom is 0.130 e. The second-order valence-electron chi connectivity index (χ2n) is 3.70. The highest BCUT2D eigenvalue weighted by molar-refractivity contribution is 9.10. The predicted octanol–water partition coefficient (Wildman–Crippen LogP) is 2.66. The van der Waals surface area contributed by atoms with Crippen LogP contribution in [0.3, 0.4) is 0 Å². The minimum Gasteiger partial charge on any atom is -0.388 e. The molecule has 1 aliphatic heterocycles. The van der Waals surface area contributed by atoms with Gasteiger partial charge in [-0.2, -0.15) is 0 Å². The number of rotatable bonds is 2. The summed E-state index contributed by atoms with van der Waals surface area (Å²) in [7, 11) is 0. The van der Waals surface area contributed by atoms with Gasteiger partial charge >= 0.3 is 0 Å². The molecule has 1 aliphatic rings. The monoisotopic (exact) mass is 274 g/mol. The molecule has 1 fully saturated rings.